The highest BCUT2D eigenvalue weighted by Crippen LogP contribution is 2.38. The summed E-state index contributed by atoms with van der Waals surface area (Å²) in [6.45, 7) is 0. The molecule has 2 N–H and O–H groups in total. The van der Waals surface area contributed by atoms with Crippen molar-refractivity contribution in [2.45, 2.75) is 12.4 Å². The molecule has 24 heavy (non-hydrogen) atoms. The van der Waals surface area contributed by atoms with Crippen molar-refractivity contribution in [3.05, 3.63) is 47.7 Å². The number of pyridine rings is 1. The van der Waals surface area contributed by atoms with E-state index < -0.39 is 29.2 Å². The molecule has 3 aromatic rings. The molecule has 1 aromatic carbocycles. The Kier molecular flexibility index (Phi) is 3.61. The Hall–Kier alpha value is -2.78. The number of alkyl halides is 6. The van der Waals surface area contributed by atoms with E-state index in [1.165, 1.54) is 6.20 Å². The van der Waals surface area contributed by atoms with E-state index in [1.54, 1.807) is 12.1 Å². The van der Waals surface area contributed by atoms with E-state index in [-0.39, 0.29) is 11.9 Å². The summed E-state index contributed by atoms with van der Waals surface area (Å²) in [7, 11) is 0. The highest BCUT2D eigenvalue weighted by molar-refractivity contribution is 5.87. The topological polar surface area (TPSA) is 53.6 Å². The first-order valence-electron chi connectivity index (χ1n) is 6.50. The average molecular weight is 346 g/mol. The molecule has 0 aliphatic rings. The summed E-state index contributed by atoms with van der Waals surface area (Å²) < 4.78 is 77.0. The van der Waals surface area contributed by atoms with E-state index in [2.05, 4.69) is 20.5 Å². The van der Waals surface area contributed by atoms with Crippen LogP contribution in [0.15, 0.2) is 36.5 Å². The number of nitrogens with zero attached hydrogens (tertiary/aromatic N) is 2. The monoisotopic (exact) mass is 346 g/mol. The lowest BCUT2D eigenvalue weighted by molar-refractivity contribution is -0.143. The summed E-state index contributed by atoms with van der Waals surface area (Å²) in [6.07, 6.45) is -8.40. The fourth-order valence-corrected chi connectivity index (χ4v) is 2.10. The van der Waals surface area contributed by atoms with Gasteiger partial charge in [-0.2, -0.15) is 31.4 Å². The molecule has 2 aromatic heterocycles. The molecular weight excluding hydrogens is 338 g/mol. The molecule has 0 amide bonds. The molecule has 3 rings (SSSR count). The maximum Gasteiger partial charge on any atom is 0.416 e. The molecule has 0 saturated heterocycles. The van der Waals surface area contributed by atoms with Gasteiger partial charge >= 0.3 is 12.4 Å². The number of anilines is 2. The molecule has 0 unspecified atom stereocenters. The number of nitrogens with one attached hydrogen (secondary N) is 2. The zero-order valence-corrected chi connectivity index (χ0v) is 11.6. The Bertz CT molecular complexity index is 849. The SMILES string of the molecule is FC(F)(F)c1cc(Nc2n[nH]c3cccnc23)cc(C(F)(F)F)c1. The first-order chi connectivity index (χ1) is 11.1. The predicted molar refractivity (Wildman–Crippen MR) is 73.6 cm³/mol. The van der Waals surface area contributed by atoms with E-state index in [0.717, 1.165) is 0 Å². The van der Waals surface area contributed by atoms with E-state index >= 15 is 0 Å². The van der Waals surface area contributed by atoms with Crippen molar-refractivity contribution < 1.29 is 26.3 Å². The summed E-state index contributed by atoms with van der Waals surface area (Å²) in [4.78, 5) is 3.98. The van der Waals surface area contributed by atoms with Gasteiger partial charge in [0, 0.05) is 11.9 Å². The van der Waals surface area contributed by atoms with Gasteiger partial charge in [0.2, 0.25) is 0 Å². The minimum atomic E-state index is -4.91. The normalized spacial score (nSPS) is 12.6. The minimum Gasteiger partial charge on any atom is -0.337 e. The summed E-state index contributed by atoms with van der Waals surface area (Å²) in [5.74, 6) is 0.0260. The van der Waals surface area contributed by atoms with Crippen LogP contribution in [0.4, 0.5) is 37.8 Å². The summed E-state index contributed by atoms with van der Waals surface area (Å²) in [5.41, 5.74) is -2.43. The van der Waals surface area contributed by atoms with Gasteiger partial charge in [-0.3, -0.25) is 10.1 Å². The molecule has 0 aliphatic heterocycles. The molecule has 0 saturated carbocycles. The van der Waals surface area contributed by atoms with Gasteiger partial charge in [-0.1, -0.05) is 0 Å². The third-order valence-electron chi connectivity index (χ3n) is 3.17. The van der Waals surface area contributed by atoms with E-state index in [9.17, 15) is 26.3 Å². The maximum atomic E-state index is 12.8. The lowest BCUT2D eigenvalue weighted by Crippen LogP contribution is -2.11. The van der Waals surface area contributed by atoms with Crippen LogP contribution in [0, 0.1) is 0 Å². The molecule has 2 heterocycles. The van der Waals surface area contributed by atoms with Crippen LogP contribution in [-0.2, 0) is 12.4 Å². The Morgan fingerprint density at radius 2 is 1.54 bits per heavy atom. The van der Waals surface area contributed by atoms with Crippen LogP contribution in [0.1, 0.15) is 11.1 Å². The van der Waals surface area contributed by atoms with Gasteiger partial charge in [-0.15, -0.1) is 0 Å². The number of fused-ring (bicyclic) bond motifs is 1. The van der Waals surface area contributed by atoms with Crippen molar-refractivity contribution in [1.82, 2.24) is 15.2 Å². The molecule has 0 fully saturated rings. The van der Waals surface area contributed by atoms with Crippen molar-refractivity contribution in [2.75, 3.05) is 5.32 Å². The third-order valence-corrected chi connectivity index (χ3v) is 3.17. The fourth-order valence-electron chi connectivity index (χ4n) is 2.10. The van der Waals surface area contributed by atoms with E-state index in [4.69, 9.17) is 0 Å². The van der Waals surface area contributed by atoms with Crippen LogP contribution in [-0.4, -0.2) is 15.2 Å². The first kappa shape index (κ1) is 16.1. The maximum absolute atomic E-state index is 12.8. The van der Waals surface area contributed by atoms with Gasteiger partial charge in [0.15, 0.2) is 5.82 Å². The molecule has 0 radical (unpaired) electrons. The van der Waals surface area contributed by atoms with Crippen LogP contribution in [0.25, 0.3) is 11.0 Å². The molecule has 10 heteroatoms. The van der Waals surface area contributed by atoms with Crippen molar-refractivity contribution in [2.24, 2.45) is 0 Å². The largest absolute Gasteiger partial charge is 0.416 e. The lowest BCUT2D eigenvalue weighted by Gasteiger charge is -2.14. The van der Waals surface area contributed by atoms with Gasteiger partial charge in [0.25, 0.3) is 0 Å². The van der Waals surface area contributed by atoms with Gasteiger partial charge < -0.3 is 5.32 Å². The first-order valence-corrected chi connectivity index (χ1v) is 6.50. The number of H-pyrrole nitrogens is 1. The van der Waals surface area contributed by atoms with Gasteiger partial charge in [-0.05, 0) is 30.3 Å². The molecular formula is C14H8F6N4. The van der Waals surface area contributed by atoms with E-state index in [1.807, 2.05) is 0 Å². The lowest BCUT2D eigenvalue weighted by atomic mass is 10.1. The van der Waals surface area contributed by atoms with Crippen molar-refractivity contribution >= 4 is 22.5 Å². The fraction of sp³-hybridized carbons (Fsp3) is 0.143. The number of halogens is 6. The van der Waals surface area contributed by atoms with Crippen LogP contribution >= 0.6 is 0 Å². The minimum absolute atomic E-state index is 0.0260. The number of hydrogen-bond donors (Lipinski definition) is 2. The van der Waals surface area contributed by atoms with Gasteiger partial charge in [0.05, 0.1) is 16.6 Å². The highest BCUT2D eigenvalue weighted by atomic mass is 19.4. The second-order valence-corrected chi connectivity index (χ2v) is 4.89. The Morgan fingerprint density at radius 3 is 2.12 bits per heavy atom. The van der Waals surface area contributed by atoms with Crippen molar-refractivity contribution in [1.29, 1.82) is 0 Å². The van der Waals surface area contributed by atoms with Crippen LogP contribution in [0.2, 0.25) is 0 Å². The molecule has 0 atom stereocenters. The molecule has 0 aliphatic carbocycles. The zero-order valence-electron chi connectivity index (χ0n) is 11.6. The third kappa shape index (κ3) is 3.12. The standard InChI is InChI=1S/C14H8F6N4/c15-13(16,17)7-4-8(14(18,19)20)6-9(5-7)22-12-11-10(23-24-12)2-1-3-21-11/h1-6H,(H2,22,23,24). The summed E-state index contributed by atoms with van der Waals surface area (Å²) >= 11 is 0. The number of aromatic amines is 1. The zero-order chi connectivity index (χ0) is 17.5. The smallest absolute Gasteiger partial charge is 0.337 e. The highest BCUT2D eigenvalue weighted by Gasteiger charge is 2.37. The number of rotatable bonds is 2. The molecule has 0 bridgehead atoms. The Labute approximate surface area is 130 Å². The summed E-state index contributed by atoms with van der Waals surface area (Å²) in [6, 6.07) is 4.45. The number of benzene rings is 1. The predicted octanol–water partition coefficient (Wildman–Crippen LogP) is 4.74. The van der Waals surface area contributed by atoms with Crippen molar-refractivity contribution in [3.63, 3.8) is 0 Å². The van der Waals surface area contributed by atoms with Crippen molar-refractivity contribution in [3.8, 4) is 0 Å². The Balaban J connectivity index is 2.07. The molecule has 4 nitrogen and oxygen atoms in total. The quantitative estimate of drug-likeness (QED) is 0.659. The number of hydrogen-bond acceptors (Lipinski definition) is 3. The average Bonchev–Trinajstić information content (AvgIpc) is 2.89. The second kappa shape index (κ2) is 5.39. The molecule has 0 spiro atoms. The van der Waals surface area contributed by atoms with Gasteiger partial charge in [0.1, 0.15) is 5.52 Å². The molecule has 126 valence electrons. The van der Waals surface area contributed by atoms with Gasteiger partial charge in [-0.25, -0.2) is 0 Å². The second-order valence-electron chi connectivity index (χ2n) is 4.89. The van der Waals surface area contributed by atoms with Crippen LogP contribution < -0.4 is 5.32 Å². The summed E-state index contributed by atoms with van der Waals surface area (Å²) in [5, 5.41) is 8.84. The van der Waals surface area contributed by atoms with E-state index in [0.29, 0.717) is 23.2 Å². The Morgan fingerprint density at radius 1 is 0.917 bits per heavy atom. The number of aromatic nitrogens is 3. The van der Waals surface area contributed by atoms with Crippen LogP contribution in [0.3, 0.4) is 0 Å². The van der Waals surface area contributed by atoms with Crippen LogP contribution in [0.5, 0.6) is 0 Å².